The van der Waals surface area contributed by atoms with Crippen molar-refractivity contribution in [3.05, 3.63) is 53.4 Å². The third-order valence-corrected chi connectivity index (χ3v) is 10.8. The molecule has 0 aliphatic carbocycles. The minimum Gasteiger partial charge on any atom is -0.479 e. The van der Waals surface area contributed by atoms with Crippen molar-refractivity contribution >= 4 is 47.2 Å². The van der Waals surface area contributed by atoms with Crippen LogP contribution in [0.3, 0.4) is 0 Å². The number of aryl methyl sites for hydroxylation is 1. The molecule has 350 valence electrons. The summed E-state index contributed by atoms with van der Waals surface area (Å²) in [6, 6.07) is 2.53. The summed E-state index contributed by atoms with van der Waals surface area (Å²) in [5, 5.41) is 38.1. The van der Waals surface area contributed by atoms with Crippen LogP contribution in [-0.4, -0.2) is 129 Å². The Balaban J connectivity index is 1.67. The minimum absolute atomic E-state index is 0.0165. The minimum atomic E-state index is -1.27. The van der Waals surface area contributed by atoms with E-state index in [0.717, 1.165) is 17.1 Å². The van der Waals surface area contributed by atoms with Gasteiger partial charge in [-0.15, -0.1) is 0 Å². The van der Waals surface area contributed by atoms with Crippen molar-refractivity contribution in [1.82, 2.24) is 20.5 Å². The van der Waals surface area contributed by atoms with Crippen molar-refractivity contribution < 1.29 is 63.1 Å². The number of aliphatic hydroxyl groups excluding tert-OH is 2. The zero-order valence-electron chi connectivity index (χ0n) is 37.0. The first kappa shape index (κ1) is 51.9. The number of hydrazine groups is 1. The predicted molar refractivity (Wildman–Crippen MR) is 228 cm³/mol. The Morgan fingerprint density at radius 3 is 2.35 bits per heavy atom. The van der Waals surface area contributed by atoms with Gasteiger partial charge in [0.05, 0.1) is 55.9 Å². The quantitative estimate of drug-likeness (QED) is 0.0291. The van der Waals surface area contributed by atoms with E-state index >= 15 is 0 Å². The van der Waals surface area contributed by atoms with Gasteiger partial charge < -0.3 is 56.2 Å². The Kier molecular flexibility index (Phi) is 20.1. The molecule has 0 radical (unpaired) electrons. The highest BCUT2D eigenvalue weighted by molar-refractivity contribution is 6.13. The summed E-state index contributed by atoms with van der Waals surface area (Å²) >= 11 is 0. The predicted octanol–water partition coefficient (Wildman–Crippen LogP) is 0.734. The molecule has 0 aromatic heterocycles. The number of hydrogen-bond acceptors (Lipinski definition) is 15. The van der Waals surface area contributed by atoms with Crippen molar-refractivity contribution in [2.24, 2.45) is 23.4 Å². The standard InChI is InChI=1S/C43H65N7O13/c1-7-43(6,14-16-51)62-17-15-49(45)23-32(44)33(50-37(55)12-13-38(50)56)21-35(53)48-39(25(2)3)40(57)46-22-36(54)47-29-10-8-28(24-61-42(60)26(4)5)27(18-29)9-11-31-19-30(52)20-34(63-31)41(58)59/h8,10,12-13,18,23,25-26,30-31,33-34,39,51-52H,7,9,11,14-17,19-22,24,44-45H2,1-6H3,(H,46,57)(H,47,54)(H,48,53)(H,58,59)/b32-23-/t30?,31-,33+,34?,39?,43?/m0/s1. The lowest BCUT2D eigenvalue weighted by molar-refractivity contribution is -0.166. The highest BCUT2D eigenvalue weighted by atomic mass is 16.5. The van der Waals surface area contributed by atoms with Gasteiger partial charge in [-0.3, -0.25) is 33.7 Å². The fraction of sp³-hybridized carbons (Fsp3) is 0.605. The number of aliphatic carboxylic acids is 1. The third-order valence-electron chi connectivity index (χ3n) is 10.8. The van der Waals surface area contributed by atoms with Gasteiger partial charge in [0.15, 0.2) is 6.10 Å². The molecule has 2 heterocycles. The maximum Gasteiger partial charge on any atom is 0.332 e. The Hall–Kier alpha value is -5.41. The lowest BCUT2D eigenvalue weighted by Gasteiger charge is -2.31. The third kappa shape index (κ3) is 16.3. The van der Waals surface area contributed by atoms with Gasteiger partial charge in [-0.25, -0.2) is 10.6 Å². The summed E-state index contributed by atoms with van der Waals surface area (Å²) < 4.78 is 17.0. The molecule has 4 unspecified atom stereocenters. The smallest absolute Gasteiger partial charge is 0.332 e. The zero-order valence-corrected chi connectivity index (χ0v) is 37.0. The molecule has 0 spiro atoms. The number of carbonyl (C=O) groups is 7. The molecule has 6 atom stereocenters. The molecule has 2 aliphatic heterocycles. The van der Waals surface area contributed by atoms with Crippen LogP contribution in [0.4, 0.5) is 5.69 Å². The van der Waals surface area contributed by atoms with E-state index in [4.69, 9.17) is 25.8 Å². The Morgan fingerprint density at radius 1 is 1.06 bits per heavy atom. The SMILES string of the molecule is CCC(C)(CCO)OCCN(N)/C=C(\N)[C@@H](CC(=O)NC(C(=O)NCC(=O)Nc1ccc(COC(=O)C(C)C)c(CC[C@H]2CC(O)CC(C(=O)O)O2)c1)C(C)C)N1C(=O)C=CC1=O. The van der Waals surface area contributed by atoms with Gasteiger partial charge in [-0.05, 0) is 68.2 Å². The number of hydrogen-bond donors (Lipinski definition) is 8. The first-order chi connectivity index (χ1) is 29.7. The van der Waals surface area contributed by atoms with E-state index in [2.05, 4.69) is 16.0 Å². The zero-order chi connectivity index (χ0) is 47.0. The number of carboxylic acids is 1. The molecule has 0 bridgehead atoms. The number of carbonyl (C=O) groups excluding carboxylic acids is 6. The molecule has 1 aromatic carbocycles. The van der Waals surface area contributed by atoms with Crippen LogP contribution >= 0.6 is 0 Å². The van der Waals surface area contributed by atoms with Gasteiger partial charge in [0.2, 0.25) is 17.7 Å². The lowest BCUT2D eigenvalue weighted by Crippen LogP contribution is -2.53. The van der Waals surface area contributed by atoms with Crippen LogP contribution in [0.2, 0.25) is 0 Å². The first-order valence-corrected chi connectivity index (χ1v) is 21.2. The van der Waals surface area contributed by atoms with Crippen LogP contribution in [0.15, 0.2) is 42.2 Å². The van der Waals surface area contributed by atoms with Gasteiger partial charge >= 0.3 is 11.9 Å². The molecule has 2 aliphatic rings. The molecule has 1 saturated heterocycles. The van der Waals surface area contributed by atoms with Crippen molar-refractivity contribution in [3.8, 4) is 0 Å². The molecule has 1 fully saturated rings. The molecule has 20 nitrogen and oxygen atoms in total. The second-order valence-electron chi connectivity index (χ2n) is 16.6. The Bertz CT molecular complexity index is 1840. The Morgan fingerprint density at radius 2 is 1.75 bits per heavy atom. The number of rotatable bonds is 25. The largest absolute Gasteiger partial charge is 0.479 e. The van der Waals surface area contributed by atoms with E-state index in [0.29, 0.717) is 42.5 Å². The van der Waals surface area contributed by atoms with Crippen LogP contribution in [-0.2, 0) is 60.8 Å². The van der Waals surface area contributed by atoms with Crippen LogP contribution in [0.1, 0.15) is 91.2 Å². The average molecular weight is 888 g/mol. The monoisotopic (exact) mass is 887 g/mol. The summed E-state index contributed by atoms with van der Waals surface area (Å²) in [5.41, 5.74) is 7.37. The summed E-state index contributed by atoms with van der Waals surface area (Å²) in [6.45, 7) is 10.2. The van der Waals surface area contributed by atoms with Gasteiger partial charge in [0.25, 0.3) is 11.8 Å². The van der Waals surface area contributed by atoms with Crippen LogP contribution < -0.4 is 27.5 Å². The van der Waals surface area contributed by atoms with E-state index in [1.165, 1.54) is 11.2 Å². The number of carboxylic acid groups (broad SMARTS) is 1. The lowest BCUT2D eigenvalue weighted by atomic mass is 9.94. The van der Waals surface area contributed by atoms with Crippen LogP contribution in [0, 0.1) is 11.8 Å². The molecule has 3 rings (SSSR count). The Labute approximate surface area is 367 Å². The molecule has 63 heavy (non-hydrogen) atoms. The van der Waals surface area contributed by atoms with Gasteiger partial charge in [0, 0.05) is 42.8 Å². The second-order valence-corrected chi connectivity index (χ2v) is 16.6. The van der Waals surface area contributed by atoms with E-state index in [9.17, 15) is 48.9 Å². The topological polar surface area (TPSA) is 302 Å². The van der Waals surface area contributed by atoms with E-state index in [-0.39, 0.29) is 50.8 Å². The van der Waals surface area contributed by atoms with Crippen molar-refractivity contribution in [2.75, 3.05) is 31.6 Å². The first-order valence-electron chi connectivity index (χ1n) is 21.2. The number of imide groups is 1. The maximum atomic E-state index is 13.5. The van der Waals surface area contributed by atoms with Crippen LogP contribution in [0.5, 0.6) is 0 Å². The fourth-order valence-electron chi connectivity index (χ4n) is 6.87. The summed E-state index contributed by atoms with van der Waals surface area (Å²) in [5.74, 6) is 0.315. The summed E-state index contributed by atoms with van der Waals surface area (Å²) in [7, 11) is 0. The molecule has 20 heteroatoms. The average Bonchev–Trinajstić information content (AvgIpc) is 3.55. The maximum absolute atomic E-state index is 13.5. The van der Waals surface area contributed by atoms with Crippen molar-refractivity contribution in [2.45, 2.75) is 129 Å². The number of nitrogens with one attached hydrogen (secondary N) is 3. The molecule has 0 saturated carbocycles. The van der Waals surface area contributed by atoms with Crippen LogP contribution in [0.25, 0.3) is 0 Å². The number of benzene rings is 1. The number of aliphatic hydroxyl groups is 2. The number of nitrogens with zero attached hydrogens (tertiary/aromatic N) is 2. The highest BCUT2D eigenvalue weighted by Crippen LogP contribution is 2.26. The second kappa shape index (κ2) is 24.4. The number of amides is 5. The molecule has 5 amide bonds. The van der Waals surface area contributed by atoms with Gasteiger partial charge in [0.1, 0.15) is 12.6 Å². The number of ether oxygens (including phenoxy) is 3. The summed E-state index contributed by atoms with van der Waals surface area (Å²) in [6.07, 6.45) is 2.27. The normalized spacial score (nSPS) is 19.7. The number of nitrogens with two attached hydrogens (primary N) is 2. The molecule has 10 N–H and O–H groups in total. The fourth-order valence-corrected chi connectivity index (χ4v) is 6.87. The summed E-state index contributed by atoms with van der Waals surface area (Å²) in [4.78, 5) is 90.0. The molecular weight excluding hydrogens is 823 g/mol. The van der Waals surface area contributed by atoms with Crippen molar-refractivity contribution in [1.29, 1.82) is 0 Å². The number of anilines is 1. The van der Waals surface area contributed by atoms with E-state index in [1.54, 1.807) is 45.9 Å². The van der Waals surface area contributed by atoms with Gasteiger partial charge in [-0.2, -0.15) is 0 Å². The van der Waals surface area contributed by atoms with E-state index < -0.39 is 96.4 Å². The van der Waals surface area contributed by atoms with Crippen molar-refractivity contribution in [3.63, 3.8) is 0 Å². The van der Waals surface area contributed by atoms with E-state index in [1.807, 2.05) is 13.8 Å². The van der Waals surface area contributed by atoms with Gasteiger partial charge in [-0.1, -0.05) is 40.7 Å². The molecular formula is C43H65N7O13. The molecule has 1 aromatic rings. The number of esters is 1. The highest BCUT2D eigenvalue weighted by Gasteiger charge is 2.36.